The van der Waals surface area contributed by atoms with Gasteiger partial charge in [0.25, 0.3) is 0 Å². The second-order valence-corrected chi connectivity index (χ2v) is 7.30. The Balaban J connectivity index is 1.47. The van der Waals surface area contributed by atoms with Gasteiger partial charge in [0.15, 0.2) is 0 Å². The van der Waals surface area contributed by atoms with Gasteiger partial charge in [-0.25, -0.2) is 4.98 Å². The predicted molar refractivity (Wildman–Crippen MR) is 105 cm³/mol. The maximum Gasteiger partial charge on any atom is 0.471 e. The molecule has 1 atom stereocenters. The highest BCUT2D eigenvalue weighted by molar-refractivity contribution is 5.96. The summed E-state index contributed by atoms with van der Waals surface area (Å²) in [4.78, 5) is 22.5. The molecule has 31 heavy (non-hydrogen) atoms. The van der Waals surface area contributed by atoms with Gasteiger partial charge in [-0.1, -0.05) is 17.3 Å². The van der Waals surface area contributed by atoms with Crippen molar-refractivity contribution in [1.29, 1.82) is 0 Å². The Hall–Kier alpha value is -3.69. The number of imidazole rings is 1. The highest BCUT2D eigenvalue weighted by Gasteiger charge is 2.39. The molecule has 7 nitrogen and oxygen atoms in total. The van der Waals surface area contributed by atoms with Crippen LogP contribution in [0.3, 0.4) is 0 Å². The average Bonchev–Trinajstić information content (AvgIpc) is 3.46. The number of para-hydroxylation sites is 2. The Morgan fingerprint density at radius 1 is 1.06 bits per heavy atom. The SMILES string of the molecule is Cn1c([C@@H]2CCC(=O)N2c2ccc(-c3noc(C(F)(F)F)n3)cc2)nc2ccccc21. The molecule has 3 heterocycles. The monoisotopic (exact) mass is 427 g/mol. The summed E-state index contributed by atoms with van der Waals surface area (Å²) in [6.07, 6.45) is -3.70. The van der Waals surface area contributed by atoms with Crippen molar-refractivity contribution in [3.8, 4) is 11.4 Å². The molecule has 2 aromatic heterocycles. The number of carbonyl (C=O) groups excluding carboxylic acids is 1. The van der Waals surface area contributed by atoms with E-state index in [0.29, 0.717) is 24.1 Å². The van der Waals surface area contributed by atoms with E-state index in [-0.39, 0.29) is 17.8 Å². The first-order valence-electron chi connectivity index (χ1n) is 9.57. The first-order chi connectivity index (χ1) is 14.8. The number of nitrogens with zero attached hydrogens (tertiary/aromatic N) is 5. The van der Waals surface area contributed by atoms with Crippen molar-refractivity contribution in [2.24, 2.45) is 7.05 Å². The van der Waals surface area contributed by atoms with E-state index in [1.807, 2.05) is 35.9 Å². The first-order valence-corrected chi connectivity index (χ1v) is 9.57. The molecule has 0 N–H and O–H groups in total. The molecule has 158 valence electrons. The van der Waals surface area contributed by atoms with Crippen LogP contribution in [-0.4, -0.2) is 25.6 Å². The quantitative estimate of drug-likeness (QED) is 0.481. The molecule has 1 aliphatic heterocycles. The summed E-state index contributed by atoms with van der Waals surface area (Å²) in [7, 11) is 1.92. The summed E-state index contributed by atoms with van der Waals surface area (Å²) in [6, 6.07) is 14.0. The Labute approximate surface area is 174 Å². The van der Waals surface area contributed by atoms with Gasteiger partial charge in [-0.15, -0.1) is 0 Å². The molecule has 10 heteroatoms. The number of benzene rings is 2. The van der Waals surface area contributed by atoms with Crippen LogP contribution in [0, 0.1) is 0 Å². The normalized spacial score (nSPS) is 17.1. The molecule has 0 spiro atoms. The lowest BCUT2D eigenvalue weighted by atomic mass is 10.1. The number of halogens is 3. The highest BCUT2D eigenvalue weighted by atomic mass is 19.4. The lowest BCUT2D eigenvalue weighted by Crippen LogP contribution is -2.28. The Morgan fingerprint density at radius 3 is 2.48 bits per heavy atom. The standard InChI is InChI=1S/C21H16F3N5O2/c1-28-15-5-3-2-4-14(15)25-19(28)16-10-11-17(30)29(16)13-8-6-12(7-9-13)18-26-20(31-27-18)21(22,23)24/h2-9,16H,10-11H2,1H3/t16-/m0/s1. The van der Waals surface area contributed by atoms with Gasteiger partial charge >= 0.3 is 12.1 Å². The van der Waals surface area contributed by atoms with Gasteiger partial charge in [0, 0.05) is 24.7 Å². The van der Waals surface area contributed by atoms with E-state index in [9.17, 15) is 18.0 Å². The second kappa shape index (κ2) is 6.93. The van der Waals surface area contributed by atoms with Crippen molar-refractivity contribution in [3.05, 3.63) is 60.2 Å². The van der Waals surface area contributed by atoms with Gasteiger partial charge in [-0.05, 0) is 42.8 Å². The molecular formula is C21H16F3N5O2. The molecular weight excluding hydrogens is 411 g/mol. The van der Waals surface area contributed by atoms with Crippen LogP contribution >= 0.6 is 0 Å². The molecule has 0 unspecified atom stereocenters. The van der Waals surface area contributed by atoms with Crippen LogP contribution in [0.4, 0.5) is 18.9 Å². The van der Waals surface area contributed by atoms with Crippen molar-refractivity contribution < 1.29 is 22.5 Å². The topological polar surface area (TPSA) is 77.0 Å². The fourth-order valence-corrected chi connectivity index (χ4v) is 3.94. The van der Waals surface area contributed by atoms with E-state index < -0.39 is 12.1 Å². The number of anilines is 1. The molecule has 5 rings (SSSR count). The van der Waals surface area contributed by atoms with Crippen LogP contribution in [0.2, 0.25) is 0 Å². The van der Waals surface area contributed by atoms with Crippen molar-refractivity contribution in [2.75, 3.05) is 4.90 Å². The van der Waals surface area contributed by atoms with Crippen molar-refractivity contribution in [2.45, 2.75) is 25.1 Å². The Morgan fingerprint density at radius 2 is 1.81 bits per heavy atom. The fourth-order valence-electron chi connectivity index (χ4n) is 3.94. The minimum atomic E-state index is -4.70. The van der Waals surface area contributed by atoms with Gasteiger partial charge < -0.3 is 14.0 Å². The smallest absolute Gasteiger partial charge is 0.329 e. The van der Waals surface area contributed by atoms with E-state index in [2.05, 4.69) is 14.7 Å². The van der Waals surface area contributed by atoms with E-state index in [4.69, 9.17) is 4.98 Å². The third kappa shape index (κ3) is 3.24. The van der Waals surface area contributed by atoms with E-state index >= 15 is 0 Å². The molecule has 0 radical (unpaired) electrons. The number of alkyl halides is 3. The molecule has 0 saturated carbocycles. The van der Waals surface area contributed by atoms with Gasteiger partial charge in [-0.2, -0.15) is 18.2 Å². The summed E-state index contributed by atoms with van der Waals surface area (Å²) < 4.78 is 44.4. The van der Waals surface area contributed by atoms with Crippen LogP contribution in [-0.2, 0) is 18.0 Å². The molecule has 4 aromatic rings. The van der Waals surface area contributed by atoms with Crippen LogP contribution in [0.15, 0.2) is 53.1 Å². The maximum absolute atomic E-state index is 12.7. The third-order valence-electron chi connectivity index (χ3n) is 5.40. The van der Waals surface area contributed by atoms with E-state index in [0.717, 1.165) is 16.9 Å². The van der Waals surface area contributed by atoms with E-state index in [1.165, 1.54) is 0 Å². The van der Waals surface area contributed by atoms with Crippen molar-refractivity contribution in [1.82, 2.24) is 19.7 Å². The molecule has 1 aliphatic rings. The van der Waals surface area contributed by atoms with Gasteiger partial charge in [0.2, 0.25) is 11.7 Å². The van der Waals surface area contributed by atoms with E-state index in [1.54, 1.807) is 29.2 Å². The molecule has 0 aliphatic carbocycles. The van der Waals surface area contributed by atoms with Crippen LogP contribution in [0.1, 0.15) is 30.6 Å². The fraction of sp³-hybridized carbons (Fsp3) is 0.238. The summed E-state index contributed by atoms with van der Waals surface area (Å²) in [6.45, 7) is 0. The number of aryl methyl sites for hydroxylation is 1. The molecule has 1 fully saturated rings. The van der Waals surface area contributed by atoms with Gasteiger partial charge in [0.1, 0.15) is 5.82 Å². The first kappa shape index (κ1) is 19.3. The third-order valence-corrected chi connectivity index (χ3v) is 5.40. The number of amides is 1. The Bertz CT molecular complexity index is 1280. The summed E-state index contributed by atoms with van der Waals surface area (Å²) in [5.74, 6) is -0.824. The average molecular weight is 427 g/mol. The van der Waals surface area contributed by atoms with Crippen molar-refractivity contribution in [3.63, 3.8) is 0 Å². The lowest BCUT2D eigenvalue weighted by Gasteiger charge is -2.24. The predicted octanol–water partition coefficient (Wildman–Crippen LogP) is 4.51. The second-order valence-electron chi connectivity index (χ2n) is 7.30. The largest absolute Gasteiger partial charge is 0.471 e. The Kier molecular flexibility index (Phi) is 4.31. The zero-order chi connectivity index (χ0) is 21.8. The summed E-state index contributed by atoms with van der Waals surface area (Å²) in [5.41, 5.74) is 2.81. The van der Waals surface area contributed by atoms with Crippen LogP contribution in [0.5, 0.6) is 0 Å². The zero-order valence-corrected chi connectivity index (χ0v) is 16.3. The number of carbonyl (C=O) groups is 1. The van der Waals surface area contributed by atoms with Gasteiger partial charge in [-0.3, -0.25) is 4.79 Å². The highest BCUT2D eigenvalue weighted by Crippen LogP contribution is 2.38. The van der Waals surface area contributed by atoms with Crippen LogP contribution in [0.25, 0.3) is 22.4 Å². The van der Waals surface area contributed by atoms with Crippen molar-refractivity contribution >= 4 is 22.6 Å². The number of rotatable bonds is 3. The summed E-state index contributed by atoms with van der Waals surface area (Å²) >= 11 is 0. The number of hydrogen-bond acceptors (Lipinski definition) is 5. The molecule has 1 saturated heterocycles. The number of aromatic nitrogens is 4. The summed E-state index contributed by atoms with van der Waals surface area (Å²) in [5, 5.41) is 3.39. The van der Waals surface area contributed by atoms with Gasteiger partial charge in [0.05, 0.1) is 17.1 Å². The number of hydrogen-bond donors (Lipinski definition) is 0. The zero-order valence-electron chi connectivity index (χ0n) is 16.3. The molecule has 0 bridgehead atoms. The minimum Gasteiger partial charge on any atom is -0.329 e. The minimum absolute atomic E-state index is 0.0382. The molecule has 1 amide bonds. The molecule has 2 aromatic carbocycles. The maximum atomic E-state index is 12.7. The van der Waals surface area contributed by atoms with Crippen LogP contribution < -0.4 is 4.90 Å². The number of fused-ring (bicyclic) bond motifs is 1. The lowest BCUT2D eigenvalue weighted by molar-refractivity contribution is -0.159.